The van der Waals surface area contributed by atoms with Gasteiger partial charge in [0.15, 0.2) is 5.76 Å². The molecule has 0 aliphatic heterocycles. The zero-order valence-electron chi connectivity index (χ0n) is 19.7. The Labute approximate surface area is 203 Å². The van der Waals surface area contributed by atoms with Gasteiger partial charge in [0.1, 0.15) is 27.8 Å². The third-order valence-electron chi connectivity index (χ3n) is 6.43. The molecule has 182 valence electrons. The Balaban J connectivity index is 1.40. The van der Waals surface area contributed by atoms with E-state index in [9.17, 15) is 19.7 Å². The van der Waals surface area contributed by atoms with E-state index in [-0.39, 0.29) is 23.6 Å². The van der Waals surface area contributed by atoms with Crippen molar-refractivity contribution < 1.29 is 14.1 Å². The van der Waals surface area contributed by atoms with Crippen LogP contribution in [0.5, 0.6) is 0 Å². The quantitative estimate of drug-likeness (QED) is 0.329. The summed E-state index contributed by atoms with van der Waals surface area (Å²) in [6.07, 6.45) is 2.79. The average Bonchev–Trinajstić information content (AvgIpc) is 3.46. The van der Waals surface area contributed by atoms with Gasteiger partial charge < -0.3 is 4.42 Å². The number of nitrogens with zero attached hydrogens (tertiary/aromatic N) is 5. The Kier molecular flexibility index (Phi) is 5.55. The number of nitro groups is 1. The van der Waals surface area contributed by atoms with Gasteiger partial charge in [-0.1, -0.05) is 6.92 Å². The van der Waals surface area contributed by atoms with Crippen LogP contribution in [0.15, 0.2) is 21.3 Å². The van der Waals surface area contributed by atoms with Gasteiger partial charge in [-0.15, -0.1) is 11.3 Å². The van der Waals surface area contributed by atoms with Gasteiger partial charge in [-0.05, 0) is 63.6 Å². The van der Waals surface area contributed by atoms with Crippen LogP contribution in [0.4, 0.5) is 5.69 Å². The second-order valence-corrected chi connectivity index (χ2v) is 10.1. The molecule has 1 atom stereocenters. The summed E-state index contributed by atoms with van der Waals surface area (Å²) in [4.78, 5) is 43.5. The molecule has 4 aromatic rings. The van der Waals surface area contributed by atoms with E-state index in [1.54, 1.807) is 38.2 Å². The lowest BCUT2D eigenvalue weighted by atomic mass is 9.89. The lowest BCUT2D eigenvalue weighted by molar-refractivity contribution is -0.386. The summed E-state index contributed by atoms with van der Waals surface area (Å²) in [7, 11) is 0. The standard InChI is InChI=1S/C23H24N6O5S/c1-11-5-7-16-18(9-11)35-22-19(16)23(31)28(14(4)24-22)26-21(30)17-8-6-15(34-17)10-27-13(3)20(29(32)33)12(2)25-27/h6,8,11H,5,7,9-10H2,1-4H3,(H,26,30)/t11-/m0/s1. The van der Waals surface area contributed by atoms with E-state index in [4.69, 9.17) is 4.42 Å². The van der Waals surface area contributed by atoms with E-state index in [1.165, 1.54) is 20.3 Å². The van der Waals surface area contributed by atoms with Crippen molar-refractivity contribution in [1.29, 1.82) is 0 Å². The van der Waals surface area contributed by atoms with Gasteiger partial charge in [-0.3, -0.25) is 29.8 Å². The monoisotopic (exact) mass is 496 g/mol. The summed E-state index contributed by atoms with van der Waals surface area (Å²) in [5.74, 6) is 0.758. The van der Waals surface area contributed by atoms with Crippen molar-refractivity contribution in [2.75, 3.05) is 5.43 Å². The predicted molar refractivity (Wildman–Crippen MR) is 130 cm³/mol. The largest absolute Gasteiger partial charge is 0.454 e. The summed E-state index contributed by atoms with van der Waals surface area (Å²) in [5, 5.41) is 16.0. The third kappa shape index (κ3) is 3.93. The fraction of sp³-hybridized carbons (Fsp3) is 0.391. The minimum atomic E-state index is -0.598. The molecular weight excluding hydrogens is 472 g/mol. The van der Waals surface area contributed by atoms with Crippen molar-refractivity contribution in [1.82, 2.24) is 19.4 Å². The highest BCUT2D eigenvalue weighted by Gasteiger charge is 2.25. The summed E-state index contributed by atoms with van der Waals surface area (Å²) in [6.45, 7) is 7.18. The van der Waals surface area contributed by atoms with Gasteiger partial charge >= 0.3 is 11.6 Å². The number of fused-ring (bicyclic) bond motifs is 3. The first-order valence-electron chi connectivity index (χ1n) is 11.3. The van der Waals surface area contributed by atoms with Crippen LogP contribution in [0.25, 0.3) is 10.2 Å². The Morgan fingerprint density at radius 2 is 2.11 bits per heavy atom. The molecule has 35 heavy (non-hydrogen) atoms. The fourth-order valence-corrected chi connectivity index (χ4v) is 6.04. The molecular formula is C23H24N6O5S. The smallest absolute Gasteiger partial charge is 0.312 e. The Morgan fingerprint density at radius 1 is 1.34 bits per heavy atom. The maximum absolute atomic E-state index is 13.3. The van der Waals surface area contributed by atoms with Crippen LogP contribution in [-0.2, 0) is 19.4 Å². The van der Waals surface area contributed by atoms with Crippen LogP contribution in [0.2, 0.25) is 0 Å². The SMILES string of the molecule is Cc1nn(Cc2ccc(C(=O)Nn3c(C)nc4sc5c(c4c3=O)CC[C@H](C)C5)o2)c(C)c1[N+](=O)[O-]. The summed E-state index contributed by atoms with van der Waals surface area (Å²) >= 11 is 1.56. The van der Waals surface area contributed by atoms with Crippen molar-refractivity contribution in [2.45, 2.75) is 53.5 Å². The molecule has 0 saturated heterocycles. The van der Waals surface area contributed by atoms with Crippen molar-refractivity contribution in [2.24, 2.45) is 5.92 Å². The molecule has 0 saturated carbocycles. The number of carbonyl (C=O) groups is 1. The zero-order chi connectivity index (χ0) is 25.0. The summed E-state index contributed by atoms with van der Waals surface area (Å²) in [5.41, 5.74) is 4.01. The van der Waals surface area contributed by atoms with Gasteiger partial charge in [0, 0.05) is 4.88 Å². The van der Waals surface area contributed by atoms with Crippen LogP contribution < -0.4 is 11.0 Å². The first-order valence-corrected chi connectivity index (χ1v) is 12.1. The van der Waals surface area contributed by atoms with Crippen LogP contribution in [-0.4, -0.2) is 30.3 Å². The molecule has 0 spiro atoms. The molecule has 0 fully saturated rings. The van der Waals surface area contributed by atoms with Gasteiger partial charge in [-0.25, -0.2) is 9.66 Å². The third-order valence-corrected chi connectivity index (χ3v) is 7.58. The molecule has 12 heteroatoms. The second-order valence-electron chi connectivity index (χ2n) is 8.97. The van der Waals surface area contributed by atoms with Crippen LogP contribution in [0, 0.1) is 36.8 Å². The normalized spacial score (nSPS) is 15.4. The second kappa shape index (κ2) is 8.45. The van der Waals surface area contributed by atoms with Gasteiger partial charge in [0.05, 0.1) is 16.9 Å². The van der Waals surface area contributed by atoms with Crippen LogP contribution in [0.3, 0.4) is 0 Å². The van der Waals surface area contributed by atoms with Crippen molar-refractivity contribution in [3.05, 3.63) is 71.8 Å². The van der Waals surface area contributed by atoms with E-state index < -0.39 is 10.8 Å². The highest BCUT2D eigenvalue weighted by molar-refractivity contribution is 7.18. The van der Waals surface area contributed by atoms with Gasteiger partial charge in [-0.2, -0.15) is 5.10 Å². The van der Waals surface area contributed by atoms with Crippen LogP contribution in [0.1, 0.15) is 57.3 Å². The zero-order valence-corrected chi connectivity index (χ0v) is 20.6. The van der Waals surface area contributed by atoms with Crippen LogP contribution >= 0.6 is 11.3 Å². The van der Waals surface area contributed by atoms with Crippen molar-refractivity contribution in [3.63, 3.8) is 0 Å². The number of hydrogen-bond donors (Lipinski definition) is 1. The molecule has 4 heterocycles. The molecule has 11 nitrogen and oxygen atoms in total. The molecule has 5 rings (SSSR count). The average molecular weight is 497 g/mol. The Hall–Kier alpha value is -3.80. The number of nitrogens with one attached hydrogen (secondary N) is 1. The fourth-order valence-electron chi connectivity index (χ4n) is 4.62. The highest BCUT2D eigenvalue weighted by Crippen LogP contribution is 2.35. The molecule has 1 N–H and O–H groups in total. The van der Waals surface area contributed by atoms with E-state index in [0.717, 1.165) is 24.8 Å². The van der Waals surface area contributed by atoms with E-state index in [2.05, 4.69) is 22.4 Å². The molecule has 1 aliphatic rings. The number of hydrogen-bond acceptors (Lipinski definition) is 8. The topological polar surface area (TPSA) is 138 Å². The summed E-state index contributed by atoms with van der Waals surface area (Å²) in [6, 6.07) is 3.09. The molecule has 4 aromatic heterocycles. The Bertz CT molecular complexity index is 1560. The van der Waals surface area contributed by atoms with Crippen molar-refractivity contribution in [3.8, 4) is 0 Å². The number of amides is 1. The molecule has 0 radical (unpaired) electrons. The number of aryl methyl sites for hydroxylation is 3. The molecule has 0 bridgehead atoms. The first-order chi connectivity index (χ1) is 16.6. The van der Waals surface area contributed by atoms with E-state index in [1.807, 2.05) is 0 Å². The molecule has 0 aromatic carbocycles. The first kappa shape index (κ1) is 23.0. The van der Waals surface area contributed by atoms with Gasteiger partial charge in [0.2, 0.25) is 0 Å². The van der Waals surface area contributed by atoms with Gasteiger partial charge in [0.25, 0.3) is 5.56 Å². The molecule has 1 amide bonds. The maximum atomic E-state index is 13.3. The number of carbonyl (C=O) groups excluding carboxylic acids is 1. The number of rotatable bonds is 5. The minimum Gasteiger partial charge on any atom is -0.454 e. The molecule has 1 aliphatic carbocycles. The number of furan rings is 1. The lowest BCUT2D eigenvalue weighted by Crippen LogP contribution is -2.35. The predicted octanol–water partition coefficient (Wildman–Crippen LogP) is 3.64. The molecule has 0 unspecified atom stereocenters. The maximum Gasteiger partial charge on any atom is 0.312 e. The number of thiophene rings is 1. The number of aromatic nitrogens is 4. The lowest BCUT2D eigenvalue weighted by Gasteiger charge is -2.17. The van der Waals surface area contributed by atoms with Crippen molar-refractivity contribution >= 4 is 33.1 Å². The highest BCUT2D eigenvalue weighted by atomic mass is 32.1. The van der Waals surface area contributed by atoms with E-state index in [0.29, 0.717) is 39.1 Å². The summed E-state index contributed by atoms with van der Waals surface area (Å²) < 4.78 is 8.29. The Morgan fingerprint density at radius 3 is 2.83 bits per heavy atom. The minimum absolute atomic E-state index is 0.00333. The van der Waals surface area contributed by atoms with E-state index >= 15 is 0 Å².